The van der Waals surface area contributed by atoms with Crippen molar-refractivity contribution >= 4 is 17.7 Å². The van der Waals surface area contributed by atoms with E-state index in [4.69, 9.17) is 9.47 Å². The van der Waals surface area contributed by atoms with Crippen molar-refractivity contribution in [3.05, 3.63) is 96.2 Å². The third-order valence-corrected chi connectivity index (χ3v) is 5.24. The van der Waals surface area contributed by atoms with Gasteiger partial charge in [0, 0.05) is 24.0 Å². The van der Waals surface area contributed by atoms with Crippen LogP contribution in [0.4, 0.5) is 16.4 Å². The van der Waals surface area contributed by atoms with E-state index in [1.165, 1.54) is 7.11 Å². The van der Waals surface area contributed by atoms with E-state index in [1.807, 2.05) is 54.6 Å². The molecule has 0 saturated heterocycles. The van der Waals surface area contributed by atoms with Crippen LogP contribution in [0.3, 0.4) is 0 Å². The first-order chi connectivity index (χ1) is 17.1. The highest BCUT2D eigenvalue weighted by atomic mass is 16.5. The highest BCUT2D eigenvalue weighted by Gasteiger charge is 2.07. The Hall–Kier alpha value is -4.59. The van der Waals surface area contributed by atoms with E-state index in [-0.39, 0.29) is 12.4 Å². The van der Waals surface area contributed by atoms with Crippen LogP contribution in [-0.4, -0.2) is 34.8 Å². The van der Waals surface area contributed by atoms with Gasteiger partial charge in [0.15, 0.2) is 11.5 Å². The minimum absolute atomic E-state index is 0.116. The molecule has 4 aromatic rings. The topological polar surface area (TPSA) is 106 Å². The molecule has 0 saturated carbocycles. The molecule has 0 spiro atoms. The van der Waals surface area contributed by atoms with Gasteiger partial charge in [-0.25, -0.2) is 14.8 Å². The highest BCUT2D eigenvalue weighted by Crippen LogP contribution is 2.26. The Balaban J connectivity index is 1.30. The van der Waals surface area contributed by atoms with Crippen LogP contribution in [0.5, 0.6) is 11.5 Å². The fraction of sp³-hybridized carbons (Fsp3) is 0.148. The lowest BCUT2D eigenvalue weighted by atomic mass is 10.1. The van der Waals surface area contributed by atoms with Gasteiger partial charge < -0.3 is 19.9 Å². The number of amides is 1. The number of aromatic nitrogens is 2. The van der Waals surface area contributed by atoms with Gasteiger partial charge in [-0.05, 0) is 47.9 Å². The number of phenols is 1. The summed E-state index contributed by atoms with van der Waals surface area (Å²) in [5.74, 6) is 1.08. The van der Waals surface area contributed by atoms with Gasteiger partial charge >= 0.3 is 6.09 Å². The van der Waals surface area contributed by atoms with Crippen LogP contribution in [0.15, 0.2) is 85.1 Å². The highest BCUT2D eigenvalue weighted by molar-refractivity contribution is 5.85. The van der Waals surface area contributed by atoms with Crippen LogP contribution in [-0.2, 0) is 17.8 Å². The van der Waals surface area contributed by atoms with Crippen LogP contribution in [0.2, 0.25) is 0 Å². The standard InChI is InChI=1S/C27H26N4O4/c1-34-25-17-19(7-12-24(25)32)13-15-28-26-29-16-14-23(31-26)21-8-10-22(11-9-21)30-27(33)35-18-20-5-3-2-4-6-20/h2-12,14,16-17,32H,13,15,18H2,1H3,(H,30,33)(H,28,29,31). The second-order valence-corrected chi connectivity index (χ2v) is 7.71. The third kappa shape index (κ3) is 6.70. The fourth-order valence-corrected chi connectivity index (χ4v) is 3.40. The molecule has 0 aliphatic heterocycles. The van der Waals surface area contributed by atoms with E-state index in [9.17, 15) is 9.90 Å². The largest absolute Gasteiger partial charge is 0.504 e. The van der Waals surface area contributed by atoms with Crippen molar-refractivity contribution in [1.82, 2.24) is 9.97 Å². The molecule has 0 unspecified atom stereocenters. The number of carbonyl (C=O) groups is 1. The Bertz CT molecular complexity index is 1260. The molecule has 178 valence electrons. The van der Waals surface area contributed by atoms with E-state index >= 15 is 0 Å². The first-order valence-electron chi connectivity index (χ1n) is 11.1. The minimum atomic E-state index is -0.513. The number of nitrogens with one attached hydrogen (secondary N) is 2. The SMILES string of the molecule is COc1cc(CCNc2nccc(-c3ccc(NC(=O)OCc4ccccc4)cc3)n2)ccc1O. The molecule has 4 rings (SSSR count). The normalized spacial score (nSPS) is 10.4. The number of anilines is 2. The molecule has 0 bridgehead atoms. The van der Waals surface area contributed by atoms with Crippen molar-refractivity contribution in [2.45, 2.75) is 13.0 Å². The Morgan fingerprint density at radius 3 is 2.54 bits per heavy atom. The van der Waals surface area contributed by atoms with Gasteiger partial charge in [0.05, 0.1) is 12.8 Å². The molecular formula is C27H26N4O4. The van der Waals surface area contributed by atoms with Crippen molar-refractivity contribution in [3.8, 4) is 22.8 Å². The predicted octanol–water partition coefficient (Wildman–Crippen LogP) is 5.26. The lowest BCUT2D eigenvalue weighted by molar-refractivity contribution is 0.155. The number of methoxy groups -OCH3 is 1. The molecule has 8 nitrogen and oxygen atoms in total. The molecular weight excluding hydrogens is 444 g/mol. The molecule has 0 aliphatic carbocycles. The van der Waals surface area contributed by atoms with Crippen molar-refractivity contribution in [1.29, 1.82) is 0 Å². The second kappa shape index (κ2) is 11.5. The number of carbonyl (C=O) groups excluding carboxylic acids is 1. The van der Waals surface area contributed by atoms with Gasteiger partial charge in [0.25, 0.3) is 0 Å². The maximum absolute atomic E-state index is 12.1. The minimum Gasteiger partial charge on any atom is -0.504 e. The molecule has 0 radical (unpaired) electrons. The summed E-state index contributed by atoms with van der Waals surface area (Å²) in [6.07, 6.45) is 1.90. The van der Waals surface area contributed by atoms with Crippen LogP contribution < -0.4 is 15.4 Å². The summed E-state index contributed by atoms with van der Waals surface area (Å²) < 4.78 is 10.4. The van der Waals surface area contributed by atoms with Gasteiger partial charge in [-0.2, -0.15) is 0 Å². The van der Waals surface area contributed by atoms with Crippen LogP contribution in [0.25, 0.3) is 11.3 Å². The van der Waals surface area contributed by atoms with Crippen LogP contribution in [0.1, 0.15) is 11.1 Å². The number of nitrogens with zero attached hydrogens (tertiary/aromatic N) is 2. The summed E-state index contributed by atoms with van der Waals surface area (Å²) in [6.45, 7) is 0.826. The lowest BCUT2D eigenvalue weighted by Gasteiger charge is -2.09. The fourth-order valence-electron chi connectivity index (χ4n) is 3.40. The van der Waals surface area contributed by atoms with E-state index in [1.54, 1.807) is 30.5 Å². The molecule has 1 amide bonds. The van der Waals surface area contributed by atoms with Gasteiger partial charge in [0.1, 0.15) is 6.61 Å². The second-order valence-electron chi connectivity index (χ2n) is 7.71. The Morgan fingerprint density at radius 2 is 1.77 bits per heavy atom. The van der Waals surface area contributed by atoms with Crippen LogP contribution in [0, 0.1) is 0 Å². The summed E-state index contributed by atoms with van der Waals surface area (Å²) in [5.41, 5.74) is 4.22. The van der Waals surface area contributed by atoms with Crippen LogP contribution >= 0.6 is 0 Å². The molecule has 35 heavy (non-hydrogen) atoms. The molecule has 0 fully saturated rings. The smallest absolute Gasteiger partial charge is 0.411 e. The van der Waals surface area contributed by atoms with Crippen molar-refractivity contribution in [2.24, 2.45) is 0 Å². The molecule has 1 heterocycles. The summed E-state index contributed by atoms with van der Waals surface area (Å²) in [6, 6.07) is 24.0. The zero-order valence-corrected chi connectivity index (χ0v) is 19.3. The van der Waals surface area contributed by atoms with Crippen molar-refractivity contribution < 1.29 is 19.4 Å². The first-order valence-corrected chi connectivity index (χ1v) is 11.1. The Morgan fingerprint density at radius 1 is 0.971 bits per heavy atom. The maximum atomic E-state index is 12.1. The quantitative estimate of drug-likeness (QED) is 0.306. The number of hydrogen-bond acceptors (Lipinski definition) is 7. The van der Waals surface area contributed by atoms with Gasteiger partial charge in [-0.15, -0.1) is 0 Å². The summed E-state index contributed by atoms with van der Waals surface area (Å²) in [7, 11) is 1.52. The maximum Gasteiger partial charge on any atom is 0.411 e. The molecule has 1 aromatic heterocycles. The molecule has 0 aliphatic rings. The summed E-state index contributed by atoms with van der Waals surface area (Å²) >= 11 is 0. The third-order valence-electron chi connectivity index (χ3n) is 5.24. The van der Waals surface area contributed by atoms with Crippen molar-refractivity contribution in [2.75, 3.05) is 24.3 Å². The number of hydrogen-bond donors (Lipinski definition) is 3. The predicted molar refractivity (Wildman–Crippen MR) is 135 cm³/mol. The number of rotatable bonds is 9. The molecule has 3 aromatic carbocycles. The van der Waals surface area contributed by atoms with E-state index in [0.717, 1.165) is 22.4 Å². The average Bonchev–Trinajstić information content (AvgIpc) is 2.90. The summed E-state index contributed by atoms with van der Waals surface area (Å²) in [4.78, 5) is 20.9. The molecule has 8 heteroatoms. The lowest BCUT2D eigenvalue weighted by Crippen LogP contribution is -2.13. The summed E-state index contributed by atoms with van der Waals surface area (Å²) in [5, 5.41) is 15.7. The zero-order chi connectivity index (χ0) is 24.5. The van der Waals surface area contributed by atoms with Gasteiger partial charge in [0.2, 0.25) is 5.95 Å². The molecule has 3 N–H and O–H groups in total. The van der Waals surface area contributed by atoms with Gasteiger partial charge in [-0.1, -0.05) is 48.5 Å². The van der Waals surface area contributed by atoms with E-state index in [2.05, 4.69) is 20.6 Å². The van der Waals surface area contributed by atoms with E-state index in [0.29, 0.717) is 30.4 Å². The first kappa shape index (κ1) is 23.6. The molecule has 0 atom stereocenters. The zero-order valence-electron chi connectivity index (χ0n) is 19.3. The monoisotopic (exact) mass is 470 g/mol. The van der Waals surface area contributed by atoms with Crippen molar-refractivity contribution in [3.63, 3.8) is 0 Å². The number of phenolic OH excluding ortho intramolecular Hbond substituents is 1. The number of benzene rings is 3. The Labute approximate surface area is 203 Å². The van der Waals surface area contributed by atoms with Gasteiger partial charge in [-0.3, -0.25) is 5.32 Å². The number of aromatic hydroxyl groups is 1. The average molecular weight is 471 g/mol. The van der Waals surface area contributed by atoms with E-state index < -0.39 is 6.09 Å². The number of ether oxygens (including phenoxy) is 2. The Kier molecular flexibility index (Phi) is 7.75.